The van der Waals surface area contributed by atoms with E-state index in [1.807, 2.05) is 24.3 Å². The fourth-order valence-corrected chi connectivity index (χ4v) is 2.77. The number of aliphatic carboxylic acids is 1. The topological polar surface area (TPSA) is 70.5 Å². The number of aryl methyl sites for hydroxylation is 1. The molecule has 1 N–H and O–H groups in total. The molecule has 0 radical (unpaired) electrons. The molecule has 1 aromatic carbocycles. The van der Waals surface area contributed by atoms with Gasteiger partial charge in [-0.05, 0) is 19.1 Å². The maximum Gasteiger partial charge on any atom is 0.326 e. The normalized spacial score (nSPS) is 12.3. The highest BCUT2D eigenvalue weighted by Gasteiger charge is 2.21. The highest BCUT2D eigenvalue weighted by Crippen LogP contribution is 2.22. The van der Waals surface area contributed by atoms with Gasteiger partial charge in [-0.3, -0.25) is 4.79 Å². The molecule has 1 amide bonds. The van der Waals surface area contributed by atoms with Crippen LogP contribution in [-0.2, 0) is 16.0 Å². The minimum absolute atomic E-state index is 0.181. The van der Waals surface area contributed by atoms with Crippen LogP contribution in [0.3, 0.4) is 0 Å². The lowest BCUT2D eigenvalue weighted by Gasteiger charge is -2.21. The van der Waals surface area contributed by atoms with E-state index in [9.17, 15) is 9.59 Å². The molecule has 1 unspecified atom stereocenters. The lowest BCUT2D eigenvalue weighted by atomic mass is 10.2. The van der Waals surface area contributed by atoms with Gasteiger partial charge in [-0.15, -0.1) is 11.3 Å². The van der Waals surface area contributed by atoms with Crippen molar-refractivity contribution in [3.63, 3.8) is 0 Å². The Kier molecular flexibility index (Phi) is 4.34. The average Bonchev–Trinajstić information content (AvgIpc) is 2.85. The maximum absolute atomic E-state index is 11.9. The molecule has 2 rings (SSSR count). The molecule has 0 fully saturated rings. The summed E-state index contributed by atoms with van der Waals surface area (Å²) in [7, 11) is 1.51. The first-order valence-electron chi connectivity index (χ1n) is 6.32. The minimum Gasteiger partial charge on any atom is -0.480 e. The summed E-state index contributed by atoms with van der Waals surface area (Å²) in [4.78, 5) is 28.5. The summed E-state index contributed by atoms with van der Waals surface area (Å²) in [5.41, 5.74) is 0.937. The highest BCUT2D eigenvalue weighted by molar-refractivity contribution is 7.18. The Labute approximate surface area is 120 Å². The number of para-hydroxylation sites is 1. The molecular formula is C14H16N2O3S. The second kappa shape index (κ2) is 6.00. The second-order valence-electron chi connectivity index (χ2n) is 4.59. The number of carboxylic acid groups (broad SMARTS) is 1. The van der Waals surface area contributed by atoms with Crippen molar-refractivity contribution in [1.29, 1.82) is 0 Å². The van der Waals surface area contributed by atoms with Crippen LogP contribution in [0.25, 0.3) is 10.2 Å². The first kappa shape index (κ1) is 14.5. The summed E-state index contributed by atoms with van der Waals surface area (Å²) in [5.74, 6) is -1.18. The SMILES string of the molecule is CC(C(=O)O)N(C)C(=O)CCc1nc2ccccc2s1. The number of rotatable bonds is 5. The van der Waals surface area contributed by atoms with Crippen molar-refractivity contribution in [3.05, 3.63) is 29.3 Å². The zero-order valence-corrected chi connectivity index (χ0v) is 12.2. The maximum atomic E-state index is 11.9. The predicted molar refractivity (Wildman–Crippen MR) is 77.8 cm³/mol. The van der Waals surface area contributed by atoms with E-state index in [2.05, 4.69) is 4.98 Å². The van der Waals surface area contributed by atoms with Gasteiger partial charge in [-0.2, -0.15) is 0 Å². The van der Waals surface area contributed by atoms with Crippen molar-refractivity contribution in [2.24, 2.45) is 0 Å². The molecule has 0 spiro atoms. The largest absolute Gasteiger partial charge is 0.480 e. The van der Waals surface area contributed by atoms with Gasteiger partial charge in [0.15, 0.2) is 0 Å². The minimum atomic E-state index is -0.999. The first-order valence-corrected chi connectivity index (χ1v) is 7.13. The van der Waals surface area contributed by atoms with Gasteiger partial charge in [0, 0.05) is 19.9 Å². The molecule has 2 aromatic rings. The number of nitrogens with zero attached hydrogens (tertiary/aromatic N) is 2. The fraction of sp³-hybridized carbons (Fsp3) is 0.357. The summed E-state index contributed by atoms with van der Waals surface area (Å²) in [6, 6.07) is 7.02. The van der Waals surface area contributed by atoms with E-state index in [0.29, 0.717) is 6.42 Å². The lowest BCUT2D eigenvalue weighted by molar-refractivity contribution is -0.148. The quantitative estimate of drug-likeness (QED) is 0.916. The monoisotopic (exact) mass is 292 g/mol. The van der Waals surface area contributed by atoms with Crippen molar-refractivity contribution < 1.29 is 14.7 Å². The van der Waals surface area contributed by atoms with Gasteiger partial charge in [0.1, 0.15) is 6.04 Å². The van der Waals surface area contributed by atoms with Crippen LogP contribution in [0.1, 0.15) is 18.4 Å². The van der Waals surface area contributed by atoms with Crippen molar-refractivity contribution in [1.82, 2.24) is 9.88 Å². The van der Waals surface area contributed by atoms with E-state index in [1.165, 1.54) is 18.9 Å². The standard InChI is InChI=1S/C14H16N2O3S/c1-9(14(18)19)16(2)13(17)8-7-12-15-10-5-3-4-6-11(10)20-12/h3-6,9H,7-8H2,1-2H3,(H,18,19). The number of hydrogen-bond acceptors (Lipinski definition) is 4. The third-order valence-corrected chi connectivity index (χ3v) is 4.32. The molecule has 5 nitrogen and oxygen atoms in total. The molecule has 0 aliphatic carbocycles. The van der Waals surface area contributed by atoms with Crippen LogP contribution in [0, 0.1) is 0 Å². The summed E-state index contributed by atoms with van der Waals surface area (Å²) in [6.45, 7) is 1.50. The number of carbonyl (C=O) groups excluding carboxylic acids is 1. The van der Waals surface area contributed by atoms with Crippen LogP contribution in [0.4, 0.5) is 0 Å². The summed E-state index contributed by atoms with van der Waals surface area (Å²) >= 11 is 1.57. The van der Waals surface area contributed by atoms with Crippen LogP contribution in [0.2, 0.25) is 0 Å². The molecule has 1 heterocycles. The zero-order valence-electron chi connectivity index (χ0n) is 11.4. The third-order valence-electron chi connectivity index (χ3n) is 3.22. The number of thiazole rings is 1. The van der Waals surface area contributed by atoms with E-state index in [0.717, 1.165) is 15.2 Å². The van der Waals surface area contributed by atoms with E-state index < -0.39 is 12.0 Å². The number of benzene rings is 1. The van der Waals surface area contributed by atoms with Gasteiger partial charge in [-0.1, -0.05) is 12.1 Å². The molecule has 0 bridgehead atoms. The van der Waals surface area contributed by atoms with Crippen LogP contribution >= 0.6 is 11.3 Å². The number of amides is 1. The Bertz CT molecular complexity index is 605. The van der Waals surface area contributed by atoms with Crippen LogP contribution in [-0.4, -0.2) is 40.0 Å². The molecular weight excluding hydrogens is 276 g/mol. The van der Waals surface area contributed by atoms with Gasteiger partial charge in [0.25, 0.3) is 0 Å². The molecule has 106 valence electrons. The van der Waals surface area contributed by atoms with Gasteiger partial charge in [-0.25, -0.2) is 9.78 Å². The van der Waals surface area contributed by atoms with E-state index >= 15 is 0 Å². The fourth-order valence-electron chi connectivity index (χ4n) is 1.80. The number of likely N-dealkylation sites (N-methyl/N-ethyl adjacent to an activating group) is 1. The molecule has 0 aliphatic rings. The molecule has 0 saturated carbocycles. The Morgan fingerprint density at radius 3 is 2.75 bits per heavy atom. The van der Waals surface area contributed by atoms with Gasteiger partial charge in [0.2, 0.25) is 5.91 Å². The average molecular weight is 292 g/mol. The zero-order chi connectivity index (χ0) is 14.7. The number of fused-ring (bicyclic) bond motifs is 1. The Morgan fingerprint density at radius 1 is 1.40 bits per heavy atom. The van der Waals surface area contributed by atoms with Crippen molar-refractivity contribution in [2.75, 3.05) is 7.05 Å². The first-order chi connectivity index (χ1) is 9.49. The summed E-state index contributed by atoms with van der Waals surface area (Å²) in [5, 5.41) is 9.78. The van der Waals surface area contributed by atoms with E-state index in [1.54, 1.807) is 11.3 Å². The van der Waals surface area contributed by atoms with Crippen molar-refractivity contribution in [3.8, 4) is 0 Å². The highest BCUT2D eigenvalue weighted by atomic mass is 32.1. The second-order valence-corrected chi connectivity index (χ2v) is 5.71. The number of hydrogen-bond donors (Lipinski definition) is 1. The third kappa shape index (κ3) is 3.14. The van der Waals surface area contributed by atoms with Crippen LogP contribution < -0.4 is 0 Å². The Morgan fingerprint density at radius 2 is 2.10 bits per heavy atom. The van der Waals surface area contributed by atoms with Crippen molar-refractivity contribution >= 4 is 33.4 Å². The Balaban J connectivity index is 1.97. The van der Waals surface area contributed by atoms with Gasteiger partial charge < -0.3 is 10.0 Å². The molecule has 1 atom stereocenters. The van der Waals surface area contributed by atoms with E-state index in [4.69, 9.17) is 5.11 Å². The molecule has 6 heteroatoms. The van der Waals surface area contributed by atoms with Gasteiger partial charge >= 0.3 is 5.97 Å². The van der Waals surface area contributed by atoms with Crippen molar-refractivity contribution in [2.45, 2.75) is 25.8 Å². The lowest BCUT2D eigenvalue weighted by Crippen LogP contribution is -2.40. The molecule has 0 aliphatic heterocycles. The molecule has 20 heavy (non-hydrogen) atoms. The summed E-state index contributed by atoms with van der Waals surface area (Å²) < 4.78 is 1.10. The molecule has 1 aromatic heterocycles. The Hall–Kier alpha value is -1.95. The van der Waals surface area contributed by atoms with Gasteiger partial charge in [0.05, 0.1) is 15.2 Å². The predicted octanol–water partition coefficient (Wildman–Crippen LogP) is 2.16. The number of aromatic nitrogens is 1. The summed E-state index contributed by atoms with van der Waals surface area (Å²) in [6.07, 6.45) is 0.808. The number of carbonyl (C=O) groups is 2. The smallest absolute Gasteiger partial charge is 0.326 e. The van der Waals surface area contributed by atoms with E-state index in [-0.39, 0.29) is 12.3 Å². The number of carboxylic acids is 1. The molecule has 0 saturated heterocycles. The van der Waals surface area contributed by atoms with Crippen LogP contribution in [0.15, 0.2) is 24.3 Å². The van der Waals surface area contributed by atoms with Crippen LogP contribution in [0.5, 0.6) is 0 Å².